The zero-order valence-electron chi connectivity index (χ0n) is 9.84. The molecular weight excluding hydrogens is 172 g/mol. The summed E-state index contributed by atoms with van der Waals surface area (Å²) in [6, 6.07) is 0. The molecule has 0 bridgehead atoms. The Bertz CT molecular complexity index is 202. The molecule has 0 aromatic carbocycles. The maximum absolute atomic E-state index is 10.6. The van der Waals surface area contributed by atoms with Crippen LogP contribution in [-0.4, -0.2) is 10.7 Å². The fraction of sp³-hybridized carbons (Fsp3) is 0.846. The monoisotopic (exact) mass is 196 g/mol. The van der Waals surface area contributed by atoms with Crippen molar-refractivity contribution in [3.05, 3.63) is 12.7 Å². The highest BCUT2D eigenvalue weighted by Crippen LogP contribution is 2.45. The van der Waals surface area contributed by atoms with Gasteiger partial charge < -0.3 is 5.11 Å². The van der Waals surface area contributed by atoms with Crippen LogP contribution in [0.15, 0.2) is 12.7 Å². The Balaban J connectivity index is 2.83. The predicted molar refractivity (Wildman–Crippen MR) is 61.2 cm³/mol. The van der Waals surface area contributed by atoms with Crippen LogP contribution in [0.3, 0.4) is 0 Å². The molecule has 1 N–H and O–H groups in total. The normalized spacial score (nSPS) is 34.1. The van der Waals surface area contributed by atoms with Gasteiger partial charge >= 0.3 is 0 Å². The summed E-state index contributed by atoms with van der Waals surface area (Å²) in [6.07, 6.45) is 7.14. The molecule has 0 heterocycles. The molecule has 0 aromatic rings. The van der Waals surface area contributed by atoms with Crippen LogP contribution >= 0.6 is 0 Å². The summed E-state index contributed by atoms with van der Waals surface area (Å²) < 4.78 is 0. The lowest BCUT2D eigenvalue weighted by atomic mass is 9.63. The van der Waals surface area contributed by atoms with Gasteiger partial charge in [-0.25, -0.2) is 0 Å². The first kappa shape index (κ1) is 11.8. The zero-order valence-corrected chi connectivity index (χ0v) is 9.84. The van der Waals surface area contributed by atoms with Crippen molar-refractivity contribution in [1.29, 1.82) is 0 Å². The maximum atomic E-state index is 10.6. The Morgan fingerprint density at radius 2 is 2.07 bits per heavy atom. The molecule has 1 aliphatic carbocycles. The molecule has 0 aromatic heterocycles. The highest BCUT2D eigenvalue weighted by atomic mass is 16.3. The van der Waals surface area contributed by atoms with E-state index in [0.29, 0.717) is 5.92 Å². The van der Waals surface area contributed by atoms with Crippen LogP contribution in [0, 0.1) is 11.3 Å². The second-order valence-corrected chi connectivity index (χ2v) is 5.76. The van der Waals surface area contributed by atoms with Crippen LogP contribution in [0.5, 0.6) is 0 Å². The summed E-state index contributed by atoms with van der Waals surface area (Å²) in [5, 5.41) is 10.6. The van der Waals surface area contributed by atoms with Crippen molar-refractivity contribution in [1.82, 2.24) is 0 Å². The van der Waals surface area contributed by atoms with Crippen molar-refractivity contribution in [3.63, 3.8) is 0 Å². The van der Waals surface area contributed by atoms with E-state index in [0.717, 1.165) is 25.7 Å². The summed E-state index contributed by atoms with van der Waals surface area (Å²) in [4.78, 5) is 0. The van der Waals surface area contributed by atoms with Gasteiger partial charge in [0.1, 0.15) is 0 Å². The van der Waals surface area contributed by atoms with Gasteiger partial charge in [-0.3, -0.25) is 0 Å². The van der Waals surface area contributed by atoms with Crippen LogP contribution in [-0.2, 0) is 0 Å². The Morgan fingerprint density at radius 3 is 2.57 bits per heavy atom. The van der Waals surface area contributed by atoms with Gasteiger partial charge in [0.05, 0.1) is 5.60 Å². The SMILES string of the molecule is C=CCC1(O)CCCCC1C(C)(C)C. The van der Waals surface area contributed by atoms with Gasteiger partial charge in [-0.05, 0) is 30.6 Å². The van der Waals surface area contributed by atoms with Crippen molar-refractivity contribution in [2.75, 3.05) is 0 Å². The minimum Gasteiger partial charge on any atom is -0.389 e. The van der Waals surface area contributed by atoms with E-state index in [1.807, 2.05) is 6.08 Å². The van der Waals surface area contributed by atoms with E-state index >= 15 is 0 Å². The van der Waals surface area contributed by atoms with E-state index in [2.05, 4.69) is 27.4 Å². The molecule has 0 amide bonds. The van der Waals surface area contributed by atoms with Crippen molar-refractivity contribution >= 4 is 0 Å². The average molecular weight is 196 g/mol. The van der Waals surface area contributed by atoms with Crippen LogP contribution in [0.25, 0.3) is 0 Å². The Labute approximate surface area is 88.2 Å². The second-order valence-electron chi connectivity index (χ2n) is 5.76. The van der Waals surface area contributed by atoms with Crippen LogP contribution < -0.4 is 0 Å². The van der Waals surface area contributed by atoms with Gasteiger partial charge in [-0.15, -0.1) is 6.58 Å². The first-order valence-electron chi connectivity index (χ1n) is 5.73. The largest absolute Gasteiger partial charge is 0.389 e. The van der Waals surface area contributed by atoms with E-state index in [1.165, 1.54) is 6.42 Å². The van der Waals surface area contributed by atoms with E-state index < -0.39 is 5.60 Å². The standard InChI is InChI=1S/C13H24O/c1-5-9-13(14)10-7-6-8-11(13)12(2,3)4/h5,11,14H,1,6-10H2,2-4H3. The van der Waals surface area contributed by atoms with Gasteiger partial charge in [-0.1, -0.05) is 39.7 Å². The van der Waals surface area contributed by atoms with Crippen LogP contribution in [0.4, 0.5) is 0 Å². The molecule has 82 valence electrons. The minimum atomic E-state index is -0.488. The van der Waals surface area contributed by atoms with Crippen molar-refractivity contribution in [2.24, 2.45) is 11.3 Å². The van der Waals surface area contributed by atoms with Gasteiger partial charge in [0, 0.05) is 0 Å². The molecule has 1 aliphatic rings. The molecule has 2 unspecified atom stereocenters. The van der Waals surface area contributed by atoms with Crippen molar-refractivity contribution < 1.29 is 5.11 Å². The summed E-state index contributed by atoms with van der Waals surface area (Å²) in [7, 11) is 0. The van der Waals surface area contributed by atoms with Crippen molar-refractivity contribution in [3.8, 4) is 0 Å². The number of rotatable bonds is 2. The predicted octanol–water partition coefficient (Wildman–Crippen LogP) is 3.53. The molecule has 1 heteroatoms. The van der Waals surface area contributed by atoms with E-state index in [9.17, 15) is 5.11 Å². The highest BCUT2D eigenvalue weighted by Gasteiger charge is 2.43. The molecule has 0 saturated heterocycles. The highest BCUT2D eigenvalue weighted by molar-refractivity contribution is 4.98. The lowest BCUT2D eigenvalue weighted by Crippen LogP contribution is -2.46. The third kappa shape index (κ3) is 2.38. The molecule has 1 fully saturated rings. The molecule has 0 radical (unpaired) electrons. The van der Waals surface area contributed by atoms with Crippen LogP contribution in [0.2, 0.25) is 0 Å². The quantitative estimate of drug-likeness (QED) is 0.670. The molecule has 0 aliphatic heterocycles. The summed E-state index contributed by atoms with van der Waals surface area (Å²) in [5.41, 5.74) is -0.281. The van der Waals surface area contributed by atoms with Gasteiger partial charge in [0.25, 0.3) is 0 Å². The van der Waals surface area contributed by atoms with Crippen molar-refractivity contribution in [2.45, 2.75) is 58.5 Å². The van der Waals surface area contributed by atoms with Crippen LogP contribution in [0.1, 0.15) is 52.9 Å². The van der Waals surface area contributed by atoms with Gasteiger partial charge in [-0.2, -0.15) is 0 Å². The average Bonchev–Trinajstić information content (AvgIpc) is 2.02. The Morgan fingerprint density at radius 1 is 1.43 bits per heavy atom. The topological polar surface area (TPSA) is 20.2 Å². The van der Waals surface area contributed by atoms with Gasteiger partial charge in [0.15, 0.2) is 0 Å². The molecule has 1 saturated carbocycles. The second kappa shape index (κ2) is 4.06. The molecular formula is C13H24O. The number of hydrogen-bond donors (Lipinski definition) is 1. The zero-order chi connectivity index (χ0) is 10.8. The minimum absolute atomic E-state index is 0.207. The van der Waals surface area contributed by atoms with E-state index in [1.54, 1.807) is 0 Å². The van der Waals surface area contributed by atoms with Gasteiger partial charge in [0.2, 0.25) is 0 Å². The Hall–Kier alpha value is -0.300. The van der Waals surface area contributed by atoms with E-state index in [-0.39, 0.29) is 5.41 Å². The molecule has 2 atom stereocenters. The summed E-state index contributed by atoms with van der Waals surface area (Å²) >= 11 is 0. The third-order valence-corrected chi connectivity index (χ3v) is 3.54. The molecule has 1 nitrogen and oxygen atoms in total. The smallest absolute Gasteiger partial charge is 0.0714 e. The summed E-state index contributed by atoms with van der Waals surface area (Å²) in [6.45, 7) is 10.5. The van der Waals surface area contributed by atoms with E-state index in [4.69, 9.17) is 0 Å². The third-order valence-electron chi connectivity index (χ3n) is 3.54. The molecule has 14 heavy (non-hydrogen) atoms. The fourth-order valence-electron chi connectivity index (χ4n) is 2.96. The fourth-order valence-corrected chi connectivity index (χ4v) is 2.96. The number of hydrogen-bond acceptors (Lipinski definition) is 1. The Kier molecular flexibility index (Phi) is 3.41. The number of aliphatic hydroxyl groups is 1. The molecule has 0 spiro atoms. The first-order chi connectivity index (χ1) is 6.40. The summed E-state index contributed by atoms with van der Waals surface area (Å²) in [5.74, 6) is 0.418. The first-order valence-corrected chi connectivity index (χ1v) is 5.73. The maximum Gasteiger partial charge on any atom is 0.0714 e. The molecule has 1 rings (SSSR count). The lowest BCUT2D eigenvalue weighted by Gasteiger charge is -2.46. The lowest BCUT2D eigenvalue weighted by molar-refractivity contribution is -0.0870.